The fourth-order valence-electron chi connectivity index (χ4n) is 3.02. The van der Waals surface area contributed by atoms with Crippen molar-refractivity contribution in [3.05, 3.63) is 0 Å². The van der Waals surface area contributed by atoms with E-state index in [4.69, 9.17) is 0 Å². The number of aliphatic hydroxyl groups excluding tert-OH is 1. The Morgan fingerprint density at radius 3 is 2.61 bits per heavy atom. The number of likely N-dealkylation sites (tertiary alicyclic amines) is 1. The summed E-state index contributed by atoms with van der Waals surface area (Å²) >= 11 is 0. The normalized spacial score (nSPS) is 29.3. The SMILES string of the molecule is O=C(CCNC1CCCCCC1O)N1CCCC1. The summed E-state index contributed by atoms with van der Waals surface area (Å²) < 4.78 is 0. The minimum atomic E-state index is -0.227. The maximum Gasteiger partial charge on any atom is 0.223 e. The van der Waals surface area contributed by atoms with Crippen LogP contribution in [-0.2, 0) is 4.79 Å². The van der Waals surface area contributed by atoms with Gasteiger partial charge < -0.3 is 15.3 Å². The highest BCUT2D eigenvalue weighted by Crippen LogP contribution is 2.18. The maximum absolute atomic E-state index is 11.9. The molecule has 4 nitrogen and oxygen atoms in total. The molecule has 2 rings (SSSR count). The summed E-state index contributed by atoms with van der Waals surface area (Å²) in [4.78, 5) is 13.8. The first kappa shape index (κ1) is 13.8. The predicted molar refractivity (Wildman–Crippen MR) is 71.3 cm³/mol. The molecule has 1 aliphatic carbocycles. The van der Waals surface area contributed by atoms with E-state index in [0.29, 0.717) is 13.0 Å². The summed E-state index contributed by atoms with van der Waals surface area (Å²) in [6.45, 7) is 2.58. The van der Waals surface area contributed by atoms with Gasteiger partial charge in [0.15, 0.2) is 0 Å². The number of nitrogens with zero attached hydrogens (tertiary/aromatic N) is 1. The molecule has 2 atom stereocenters. The molecule has 4 heteroatoms. The number of amides is 1. The van der Waals surface area contributed by atoms with Crippen LogP contribution >= 0.6 is 0 Å². The van der Waals surface area contributed by atoms with Crippen LogP contribution in [0.5, 0.6) is 0 Å². The highest BCUT2D eigenvalue weighted by molar-refractivity contribution is 5.76. The molecule has 0 radical (unpaired) electrons. The van der Waals surface area contributed by atoms with Crippen LogP contribution in [-0.4, -0.2) is 47.7 Å². The zero-order chi connectivity index (χ0) is 12.8. The van der Waals surface area contributed by atoms with E-state index in [9.17, 15) is 9.90 Å². The second-order valence-corrected chi connectivity index (χ2v) is 5.60. The monoisotopic (exact) mass is 254 g/mol. The lowest BCUT2D eigenvalue weighted by Crippen LogP contribution is -2.41. The lowest BCUT2D eigenvalue weighted by Gasteiger charge is -2.22. The zero-order valence-corrected chi connectivity index (χ0v) is 11.2. The van der Waals surface area contributed by atoms with E-state index < -0.39 is 0 Å². The third-order valence-corrected chi connectivity index (χ3v) is 4.18. The van der Waals surface area contributed by atoms with Gasteiger partial charge in [-0.3, -0.25) is 4.79 Å². The van der Waals surface area contributed by atoms with Gasteiger partial charge >= 0.3 is 0 Å². The Labute approximate surface area is 110 Å². The van der Waals surface area contributed by atoms with Gasteiger partial charge in [-0.25, -0.2) is 0 Å². The maximum atomic E-state index is 11.9. The molecule has 2 fully saturated rings. The third kappa shape index (κ3) is 3.95. The second kappa shape index (κ2) is 7.10. The van der Waals surface area contributed by atoms with Gasteiger partial charge in [-0.2, -0.15) is 0 Å². The molecule has 0 bridgehead atoms. The average molecular weight is 254 g/mol. The van der Waals surface area contributed by atoms with E-state index in [2.05, 4.69) is 5.32 Å². The quantitative estimate of drug-likeness (QED) is 0.743. The topological polar surface area (TPSA) is 52.6 Å². The molecule has 104 valence electrons. The molecule has 0 spiro atoms. The third-order valence-electron chi connectivity index (χ3n) is 4.18. The molecule has 0 aromatic heterocycles. The minimum Gasteiger partial charge on any atom is -0.392 e. The van der Waals surface area contributed by atoms with Crippen LogP contribution in [0.25, 0.3) is 0 Å². The summed E-state index contributed by atoms with van der Waals surface area (Å²) in [5, 5.41) is 13.3. The second-order valence-electron chi connectivity index (χ2n) is 5.60. The van der Waals surface area contributed by atoms with Crippen molar-refractivity contribution in [2.45, 2.75) is 63.5 Å². The number of rotatable bonds is 4. The summed E-state index contributed by atoms with van der Waals surface area (Å²) in [6.07, 6.45) is 8.14. The van der Waals surface area contributed by atoms with Crippen molar-refractivity contribution in [1.29, 1.82) is 0 Å². The van der Waals surface area contributed by atoms with Crippen molar-refractivity contribution in [2.24, 2.45) is 0 Å². The minimum absolute atomic E-state index is 0.193. The summed E-state index contributed by atoms with van der Waals surface area (Å²) in [6, 6.07) is 0.193. The van der Waals surface area contributed by atoms with E-state index >= 15 is 0 Å². The van der Waals surface area contributed by atoms with Gasteiger partial charge in [0, 0.05) is 32.1 Å². The first-order chi connectivity index (χ1) is 8.77. The van der Waals surface area contributed by atoms with Gasteiger partial charge in [0.25, 0.3) is 0 Å². The molecule has 2 N–H and O–H groups in total. The van der Waals surface area contributed by atoms with Crippen LogP contribution in [0.2, 0.25) is 0 Å². The molecular formula is C14H26N2O2. The highest BCUT2D eigenvalue weighted by atomic mass is 16.3. The van der Waals surface area contributed by atoms with Gasteiger partial charge in [0.1, 0.15) is 0 Å². The molecule has 2 aliphatic rings. The molecule has 1 saturated heterocycles. The molecular weight excluding hydrogens is 228 g/mol. The van der Waals surface area contributed by atoms with E-state index in [0.717, 1.165) is 45.2 Å². The smallest absolute Gasteiger partial charge is 0.223 e. The lowest BCUT2D eigenvalue weighted by molar-refractivity contribution is -0.130. The van der Waals surface area contributed by atoms with Crippen molar-refractivity contribution < 1.29 is 9.90 Å². The molecule has 2 unspecified atom stereocenters. The molecule has 0 aromatic rings. The Bertz CT molecular complexity index is 265. The first-order valence-corrected chi connectivity index (χ1v) is 7.46. The van der Waals surface area contributed by atoms with Crippen molar-refractivity contribution in [1.82, 2.24) is 10.2 Å². The number of aliphatic hydroxyl groups is 1. The van der Waals surface area contributed by atoms with Gasteiger partial charge in [-0.05, 0) is 25.7 Å². The Balaban J connectivity index is 1.65. The van der Waals surface area contributed by atoms with Gasteiger partial charge in [0.05, 0.1) is 6.10 Å². The Hall–Kier alpha value is -0.610. The van der Waals surface area contributed by atoms with Crippen LogP contribution in [0.1, 0.15) is 51.4 Å². The van der Waals surface area contributed by atoms with Crippen molar-refractivity contribution >= 4 is 5.91 Å². The van der Waals surface area contributed by atoms with Crippen LogP contribution in [0.15, 0.2) is 0 Å². The fraction of sp³-hybridized carbons (Fsp3) is 0.929. The molecule has 1 saturated carbocycles. The van der Waals surface area contributed by atoms with E-state index in [1.165, 1.54) is 12.8 Å². The Morgan fingerprint density at radius 1 is 1.11 bits per heavy atom. The van der Waals surface area contributed by atoms with Gasteiger partial charge in [0.2, 0.25) is 5.91 Å². The fourth-order valence-corrected chi connectivity index (χ4v) is 3.02. The number of hydrogen-bond donors (Lipinski definition) is 2. The molecule has 1 heterocycles. The van der Waals surface area contributed by atoms with E-state index in [1.54, 1.807) is 0 Å². The van der Waals surface area contributed by atoms with Crippen molar-refractivity contribution in [3.8, 4) is 0 Å². The van der Waals surface area contributed by atoms with E-state index in [1.807, 2.05) is 4.90 Å². The number of carbonyl (C=O) groups excluding carboxylic acids is 1. The summed E-state index contributed by atoms with van der Waals surface area (Å²) in [7, 11) is 0. The largest absolute Gasteiger partial charge is 0.392 e. The van der Waals surface area contributed by atoms with Crippen LogP contribution in [0, 0.1) is 0 Å². The Kier molecular flexibility index (Phi) is 5.45. The lowest BCUT2D eigenvalue weighted by atomic mass is 10.1. The van der Waals surface area contributed by atoms with Crippen LogP contribution in [0.4, 0.5) is 0 Å². The molecule has 1 amide bonds. The molecule has 1 aliphatic heterocycles. The van der Waals surface area contributed by atoms with Gasteiger partial charge in [-0.15, -0.1) is 0 Å². The molecule has 0 aromatic carbocycles. The summed E-state index contributed by atoms with van der Waals surface area (Å²) in [5.74, 6) is 0.267. The van der Waals surface area contributed by atoms with Crippen molar-refractivity contribution in [2.75, 3.05) is 19.6 Å². The molecule has 18 heavy (non-hydrogen) atoms. The number of hydrogen-bond acceptors (Lipinski definition) is 3. The van der Waals surface area contributed by atoms with Crippen LogP contribution in [0.3, 0.4) is 0 Å². The Morgan fingerprint density at radius 2 is 1.83 bits per heavy atom. The number of carbonyl (C=O) groups is 1. The van der Waals surface area contributed by atoms with Gasteiger partial charge in [-0.1, -0.05) is 19.3 Å². The average Bonchev–Trinajstić information content (AvgIpc) is 2.82. The highest BCUT2D eigenvalue weighted by Gasteiger charge is 2.22. The van der Waals surface area contributed by atoms with E-state index in [-0.39, 0.29) is 18.1 Å². The first-order valence-electron chi connectivity index (χ1n) is 7.46. The zero-order valence-electron chi connectivity index (χ0n) is 11.2. The predicted octanol–water partition coefficient (Wildman–Crippen LogP) is 1.28. The standard InChI is InChI=1S/C14H26N2O2/c17-13-7-3-1-2-6-12(13)15-9-8-14(18)16-10-4-5-11-16/h12-13,15,17H,1-11H2. The van der Waals surface area contributed by atoms with Crippen molar-refractivity contribution in [3.63, 3.8) is 0 Å². The summed E-state index contributed by atoms with van der Waals surface area (Å²) in [5.41, 5.74) is 0. The van der Waals surface area contributed by atoms with Crippen LogP contribution < -0.4 is 5.32 Å². The number of nitrogens with one attached hydrogen (secondary N) is 1.